The van der Waals surface area contributed by atoms with Gasteiger partial charge in [-0.2, -0.15) is 5.10 Å². The molecule has 0 saturated carbocycles. The maximum atomic E-state index is 11.0. The van der Waals surface area contributed by atoms with E-state index in [2.05, 4.69) is 15.1 Å². The van der Waals surface area contributed by atoms with Crippen LogP contribution in [0.15, 0.2) is 35.1 Å². The summed E-state index contributed by atoms with van der Waals surface area (Å²) in [6.45, 7) is 3.42. The number of aromatic nitrogens is 2. The van der Waals surface area contributed by atoms with Gasteiger partial charge < -0.3 is 10.0 Å². The Bertz CT molecular complexity index is 639. The van der Waals surface area contributed by atoms with Gasteiger partial charge in [-0.1, -0.05) is 6.07 Å². The van der Waals surface area contributed by atoms with E-state index in [1.165, 1.54) is 6.07 Å². The summed E-state index contributed by atoms with van der Waals surface area (Å²) in [6, 6.07) is 9.23. The van der Waals surface area contributed by atoms with Crippen molar-refractivity contribution in [2.75, 3.05) is 18.0 Å². The highest BCUT2D eigenvalue weighted by atomic mass is 16.3. The number of anilines is 1. The number of benzene rings is 1. The summed E-state index contributed by atoms with van der Waals surface area (Å²) >= 11 is 0. The zero-order valence-corrected chi connectivity index (χ0v) is 10.6. The van der Waals surface area contributed by atoms with Crippen LogP contribution in [-0.4, -0.2) is 34.5 Å². The van der Waals surface area contributed by atoms with Gasteiger partial charge in [0.2, 0.25) is 0 Å². The minimum absolute atomic E-state index is 0.202. The van der Waals surface area contributed by atoms with Crippen LogP contribution in [0, 0.1) is 6.92 Å². The molecule has 1 fully saturated rings. The van der Waals surface area contributed by atoms with Crippen LogP contribution in [0.2, 0.25) is 0 Å². The summed E-state index contributed by atoms with van der Waals surface area (Å²) < 4.78 is 0. The van der Waals surface area contributed by atoms with E-state index >= 15 is 0 Å². The van der Waals surface area contributed by atoms with Crippen molar-refractivity contribution >= 4 is 5.69 Å². The monoisotopic (exact) mass is 257 g/mol. The Morgan fingerprint density at radius 3 is 2.68 bits per heavy atom. The lowest BCUT2D eigenvalue weighted by Crippen LogP contribution is -2.51. The fraction of sp³-hybridized carbons (Fsp3) is 0.286. The van der Waals surface area contributed by atoms with E-state index in [-0.39, 0.29) is 11.7 Å². The van der Waals surface area contributed by atoms with Crippen LogP contribution >= 0.6 is 0 Å². The molecule has 1 aromatic carbocycles. The van der Waals surface area contributed by atoms with Crippen molar-refractivity contribution in [2.24, 2.45) is 0 Å². The molecule has 0 spiro atoms. The number of nitrogens with zero attached hydrogens (tertiary/aromatic N) is 2. The average molecular weight is 257 g/mol. The first-order valence-electron chi connectivity index (χ1n) is 6.23. The standard InChI is InChI=1S/C14H15N3O2/c1-9-6-10(12-3-5-14(19)16-15-12)2-4-13(9)17-7-11(18)8-17/h2-6,11,18H,7-8H2,1H3,(H,16,19). The third-order valence-electron chi connectivity index (χ3n) is 3.37. The minimum atomic E-state index is -0.208. The normalized spacial score (nSPS) is 15.4. The van der Waals surface area contributed by atoms with Gasteiger partial charge in [-0.15, -0.1) is 0 Å². The maximum Gasteiger partial charge on any atom is 0.264 e. The van der Waals surface area contributed by atoms with E-state index in [9.17, 15) is 9.90 Å². The summed E-state index contributed by atoms with van der Waals surface area (Å²) in [6.07, 6.45) is -0.208. The fourth-order valence-electron chi connectivity index (χ4n) is 2.33. The van der Waals surface area contributed by atoms with Gasteiger partial charge in [-0.25, -0.2) is 5.10 Å². The molecule has 1 aliphatic heterocycles. The molecular weight excluding hydrogens is 242 g/mol. The molecule has 2 N–H and O–H groups in total. The van der Waals surface area contributed by atoms with Crippen LogP contribution in [0.25, 0.3) is 11.3 Å². The summed E-state index contributed by atoms with van der Waals surface area (Å²) in [7, 11) is 0. The molecule has 2 heterocycles. The molecule has 1 saturated heterocycles. The van der Waals surface area contributed by atoms with E-state index in [0.717, 1.165) is 22.5 Å². The van der Waals surface area contributed by atoms with E-state index < -0.39 is 0 Å². The lowest BCUT2D eigenvalue weighted by atomic mass is 10.0. The lowest BCUT2D eigenvalue weighted by Gasteiger charge is -2.38. The number of nitrogens with one attached hydrogen (secondary N) is 1. The van der Waals surface area contributed by atoms with Crippen molar-refractivity contribution in [3.63, 3.8) is 0 Å². The first-order chi connectivity index (χ1) is 9.13. The first-order valence-corrected chi connectivity index (χ1v) is 6.23. The number of aliphatic hydroxyl groups is 1. The number of aromatic amines is 1. The summed E-state index contributed by atoms with van der Waals surface area (Å²) in [5, 5.41) is 15.8. The van der Waals surface area contributed by atoms with Crippen molar-refractivity contribution < 1.29 is 5.11 Å². The number of aliphatic hydroxyl groups excluding tert-OH is 1. The van der Waals surface area contributed by atoms with Gasteiger partial charge >= 0.3 is 0 Å². The SMILES string of the molecule is Cc1cc(-c2ccc(=O)[nH]n2)ccc1N1CC(O)C1. The molecule has 0 bridgehead atoms. The van der Waals surface area contributed by atoms with E-state index in [1.807, 2.05) is 25.1 Å². The van der Waals surface area contributed by atoms with Gasteiger partial charge in [-0.3, -0.25) is 4.79 Å². The molecule has 0 unspecified atom stereocenters. The molecule has 19 heavy (non-hydrogen) atoms. The third kappa shape index (κ3) is 2.24. The highest BCUT2D eigenvalue weighted by Crippen LogP contribution is 2.28. The van der Waals surface area contributed by atoms with Crippen molar-refractivity contribution in [2.45, 2.75) is 13.0 Å². The van der Waals surface area contributed by atoms with Crippen LogP contribution in [0.3, 0.4) is 0 Å². The fourth-order valence-corrected chi connectivity index (χ4v) is 2.33. The molecule has 2 aromatic rings. The second kappa shape index (κ2) is 4.51. The third-order valence-corrected chi connectivity index (χ3v) is 3.37. The molecule has 0 amide bonds. The number of hydrogen-bond donors (Lipinski definition) is 2. The molecule has 1 aliphatic rings. The van der Waals surface area contributed by atoms with E-state index in [0.29, 0.717) is 13.1 Å². The van der Waals surface area contributed by atoms with Gasteiger partial charge in [0.1, 0.15) is 0 Å². The maximum absolute atomic E-state index is 11.0. The van der Waals surface area contributed by atoms with Gasteiger partial charge in [0.05, 0.1) is 11.8 Å². The number of β-amino-alcohol motifs (C(OH)–C–C–N with tert-alkyl or cyclic N) is 1. The minimum Gasteiger partial charge on any atom is -0.389 e. The van der Waals surface area contributed by atoms with Crippen molar-refractivity contribution in [3.05, 3.63) is 46.2 Å². The van der Waals surface area contributed by atoms with E-state index in [1.54, 1.807) is 6.07 Å². The van der Waals surface area contributed by atoms with Gasteiger partial charge in [0.25, 0.3) is 5.56 Å². The van der Waals surface area contributed by atoms with Gasteiger partial charge in [-0.05, 0) is 30.7 Å². The topological polar surface area (TPSA) is 69.2 Å². The summed E-state index contributed by atoms with van der Waals surface area (Å²) in [5.74, 6) is 0. The molecule has 98 valence electrons. The average Bonchev–Trinajstić information content (AvgIpc) is 2.36. The number of hydrogen-bond acceptors (Lipinski definition) is 4. The highest BCUT2D eigenvalue weighted by molar-refractivity contribution is 5.66. The Morgan fingerprint density at radius 1 is 1.32 bits per heavy atom. The van der Waals surface area contributed by atoms with Crippen molar-refractivity contribution in [3.8, 4) is 11.3 Å². The summed E-state index contributed by atoms with van der Waals surface area (Å²) in [4.78, 5) is 13.1. The van der Waals surface area contributed by atoms with Crippen molar-refractivity contribution in [1.82, 2.24) is 10.2 Å². The van der Waals surface area contributed by atoms with Crippen LogP contribution in [0.5, 0.6) is 0 Å². The van der Waals surface area contributed by atoms with Crippen molar-refractivity contribution in [1.29, 1.82) is 0 Å². The molecule has 0 radical (unpaired) electrons. The largest absolute Gasteiger partial charge is 0.389 e. The van der Waals surface area contributed by atoms with E-state index in [4.69, 9.17) is 0 Å². The predicted molar refractivity (Wildman–Crippen MR) is 73.3 cm³/mol. The van der Waals surface area contributed by atoms with Gasteiger partial charge in [0, 0.05) is 30.4 Å². The Morgan fingerprint density at radius 2 is 2.11 bits per heavy atom. The van der Waals surface area contributed by atoms with Gasteiger partial charge in [0.15, 0.2) is 0 Å². The second-order valence-electron chi connectivity index (χ2n) is 4.87. The quantitative estimate of drug-likeness (QED) is 0.839. The van der Waals surface area contributed by atoms with Crippen LogP contribution in [-0.2, 0) is 0 Å². The van der Waals surface area contributed by atoms with Crippen LogP contribution in [0.1, 0.15) is 5.56 Å². The molecule has 3 rings (SSSR count). The smallest absolute Gasteiger partial charge is 0.264 e. The Labute approximate surface area is 110 Å². The number of H-pyrrole nitrogens is 1. The molecule has 0 aliphatic carbocycles. The Hall–Kier alpha value is -2.14. The zero-order chi connectivity index (χ0) is 13.4. The molecule has 5 nitrogen and oxygen atoms in total. The predicted octanol–water partition coefficient (Wildman–Crippen LogP) is 0.926. The molecule has 5 heteroatoms. The lowest BCUT2D eigenvalue weighted by molar-refractivity contribution is 0.142. The molecular formula is C14H15N3O2. The highest BCUT2D eigenvalue weighted by Gasteiger charge is 2.25. The molecule has 0 atom stereocenters. The van der Waals surface area contributed by atoms with Crippen LogP contribution < -0.4 is 10.5 Å². The molecule has 1 aromatic heterocycles. The zero-order valence-electron chi connectivity index (χ0n) is 10.6. The second-order valence-corrected chi connectivity index (χ2v) is 4.87. The number of rotatable bonds is 2. The Balaban J connectivity index is 1.91. The Kier molecular flexibility index (Phi) is 2.83. The summed E-state index contributed by atoms with van der Waals surface area (Å²) in [5.41, 5.74) is 3.79. The van der Waals surface area contributed by atoms with Crippen LogP contribution in [0.4, 0.5) is 5.69 Å². The first kappa shape index (κ1) is 11.9. The number of aryl methyl sites for hydroxylation is 1.